The number of nitrogens with zero attached hydrogens (tertiary/aromatic N) is 2. The van der Waals surface area contributed by atoms with Crippen LogP contribution in [0.25, 0.3) is 0 Å². The zero-order valence-electron chi connectivity index (χ0n) is 9.55. The van der Waals surface area contributed by atoms with Gasteiger partial charge >= 0.3 is 0 Å². The molecule has 1 aromatic heterocycles. The topological polar surface area (TPSA) is 41.9 Å². The summed E-state index contributed by atoms with van der Waals surface area (Å²) in [7, 11) is 1.78. The summed E-state index contributed by atoms with van der Waals surface area (Å²) < 4.78 is 1.87. The van der Waals surface area contributed by atoms with E-state index >= 15 is 0 Å². The fourth-order valence-corrected chi connectivity index (χ4v) is 1.60. The number of anilines is 1. The molecule has 0 spiro atoms. The highest BCUT2D eigenvalue weighted by Gasteiger charge is 2.00. The Bertz CT molecular complexity index is 492. The zero-order valence-corrected chi connectivity index (χ0v) is 10.4. The van der Waals surface area contributed by atoms with Gasteiger partial charge < -0.3 is 10.6 Å². The molecular weight excluding hydrogens is 232 g/mol. The summed E-state index contributed by atoms with van der Waals surface area (Å²) in [5, 5.41) is 10.7. The van der Waals surface area contributed by atoms with Crippen LogP contribution in [0.3, 0.4) is 0 Å². The number of thiocarbonyl (C=S) groups is 1. The Morgan fingerprint density at radius 1 is 1.35 bits per heavy atom. The second-order valence-corrected chi connectivity index (χ2v) is 4.02. The van der Waals surface area contributed by atoms with Gasteiger partial charge in [-0.15, -0.1) is 0 Å². The van der Waals surface area contributed by atoms with E-state index in [1.54, 1.807) is 13.2 Å². The summed E-state index contributed by atoms with van der Waals surface area (Å²) in [5.74, 6) is 0. The molecule has 0 fully saturated rings. The van der Waals surface area contributed by atoms with Gasteiger partial charge in [0.05, 0.1) is 18.4 Å². The highest BCUT2D eigenvalue weighted by Crippen LogP contribution is 2.07. The largest absolute Gasteiger partial charge is 0.366 e. The van der Waals surface area contributed by atoms with Crippen LogP contribution >= 0.6 is 12.2 Å². The Morgan fingerprint density at radius 3 is 2.82 bits per heavy atom. The second kappa shape index (κ2) is 5.45. The van der Waals surface area contributed by atoms with Crippen molar-refractivity contribution in [3.05, 3.63) is 48.3 Å². The molecular formula is C12H14N4S. The minimum Gasteiger partial charge on any atom is -0.366 e. The number of aromatic nitrogens is 2. The van der Waals surface area contributed by atoms with E-state index < -0.39 is 0 Å². The normalized spacial score (nSPS) is 9.94. The van der Waals surface area contributed by atoms with Crippen LogP contribution in [0.4, 0.5) is 5.69 Å². The van der Waals surface area contributed by atoms with Crippen LogP contribution in [0.15, 0.2) is 42.7 Å². The highest BCUT2D eigenvalue weighted by atomic mass is 32.1. The molecule has 0 saturated heterocycles. The van der Waals surface area contributed by atoms with Crippen LogP contribution in [0.5, 0.6) is 0 Å². The predicted molar refractivity (Wildman–Crippen MR) is 73.1 cm³/mol. The maximum absolute atomic E-state index is 5.02. The average molecular weight is 246 g/mol. The molecule has 2 aromatic rings. The second-order valence-electron chi connectivity index (χ2n) is 3.62. The van der Waals surface area contributed by atoms with Gasteiger partial charge in [0.1, 0.15) is 0 Å². The van der Waals surface area contributed by atoms with Crippen molar-refractivity contribution < 1.29 is 0 Å². The Morgan fingerprint density at radius 2 is 2.12 bits per heavy atom. The first kappa shape index (κ1) is 11.6. The van der Waals surface area contributed by atoms with E-state index in [1.807, 2.05) is 29.1 Å². The summed E-state index contributed by atoms with van der Waals surface area (Å²) in [6.45, 7) is 0.759. The standard InChI is InChI=1S/C12H14N4S/c1-13-12(17)15-11-7-14-16(9-11)8-10-5-3-2-4-6-10/h2-7,9H,8H2,1H3,(H2,13,15,17). The van der Waals surface area contributed by atoms with Crippen molar-refractivity contribution in [1.82, 2.24) is 15.1 Å². The van der Waals surface area contributed by atoms with Crippen molar-refractivity contribution in [1.29, 1.82) is 0 Å². The van der Waals surface area contributed by atoms with Gasteiger partial charge in [-0.3, -0.25) is 4.68 Å². The van der Waals surface area contributed by atoms with Gasteiger partial charge in [-0.2, -0.15) is 5.10 Å². The van der Waals surface area contributed by atoms with Crippen LogP contribution in [-0.4, -0.2) is 21.9 Å². The smallest absolute Gasteiger partial charge is 0.170 e. The lowest BCUT2D eigenvalue weighted by atomic mass is 10.2. The zero-order chi connectivity index (χ0) is 12.1. The number of hydrogen-bond donors (Lipinski definition) is 2. The molecule has 0 unspecified atom stereocenters. The monoisotopic (exact) mass is 246 g/mol. The first-order valence-corrected chi connectivity index (χ1v) is 5.74. The van der Waals surface area contributed by atoms with Gasteiger partial charge in [0.2, 0.25) is 0 Å². The molecule has 17 heavy (non-hydrogen) atoms. The highest BCUT2D eigenvalue weighted by molar-refractivity contribution is 7.80. The third kappa shape index (κ3) is 3.29. The molecule has 88 valence electrons. The molecule has 2 rings (SSSR count). The van der Waals surface area contributed by atoms with Crippen LogP contribution in [0.2, 0.25) is 0 Å². The van der Waals surface area contributed by atoms with Gasteiger partial charge in [0.25, 0.3) is 0 Å². The molecule has 0 bridgehead atoms. The minimum atomic E-state index is 0.587. The van der Waals surface area contributed by atoms with E-state index in [9.17, 15) is 0 Å². The Balaban J connectivity index is 2.01. The van der Waals surface area contributed by atoms with Crippen molar-refractivity contribution in [2.45, 2.75) is 6.54 Å². The lowest BCUT2D eigenvalue weighted by Gasteiger charge is -2.03. The first-order chi connectivity index (χ1) is 8.28. The molecule has 0 radical (unpaired) electrons. The van der Waals surface area contributed by atoms with E-state index in [0.29, 0.717) is 5.11 Å². The Hall–Kier alpha value is -1.88. The lowest BCUT2D eigenvalue weighted by molar-refractivity contribution is 0.687. The predicted octanol–water partition coefficient (Wildman–Crippen LogP) is 1.85. The maximum Gasteiger partial charge on any atom is 0.170 e. The fourth-order valence-electron chi connectivity index (χ4n) is 1.48. The van der Waals surface area contributed by atoms with E-state index in [-0.39, 0.29) is 0 Å². The average Bonchev–Trinajstić information content (AvgIpc) is 2.77. The number of benzene rings is 1. The fraction of sp³-hybridized carbons (Fsp3) is 0.167. The van der Waals surface area contributed by atoms with Crippen molar-refractivity contribution in [2.75, 3.05) is 12.4 Å². The van der Waals surface area contributed by atoms with E-state index in [1.165, 1.54) is 5.56 Å². The summed E-state index contributed by atoms with van der Waals surface area (Å²) in [6, 6.07) is 10.2. The molecule has 0 atom stereocenters. The molecule has 5 heteroatoms. The van der Waals surface area contributed by atoms with Gasteiger partial charge in [-0.1, -0.05) is 30.3 Å². The molecule has 1 aromatic carbocycles. The van der Waals surface area contributed by atoms with Crippen molar-refractivity contribution in [2.24, 2.45) is 0 Å². The molecule has 4 nitrogen and oxygen atoms in total. The molecule has 0 aliphatic rings. The summed E-state index contributed by atoms with van der Waals surface area (Å²) in [6.07, 6.45) is 3.68. The van der Waals surface area contributed by atoms with Crippen molar-refractivity contribution in [3.63, 3.8) is 0 Å². The summed E-state index contributed by atoms with van der Waals surface area (Å²) in [5.41, 5.74) is 2.11. The number of hydrogen-bond acceptors (Lipinski definition) is 2. The lowest BCUT2D eigenvalue weighted by Crippen LogP contribution is -2.23. The van der Waals surface area contributed by atoms with Crippen LogP contribution < -0.4 is 10.6 Å². The van der Waals surface area contributed by atoms with Crippen LogP contribution in [0, 0.1) is 0 Å². The summed E-state index contributed by atoms with van der Waals surface area (Å²) >= 11 is 5.02. The number of rotatable bonds is 3. The molecule has 0 saturated carbocycles. The molecule has 0 amide bonds. The first-order valence-electron chi connectivity index (χ1n) is 5.33. The third-order valence-electron chi connectivity index (χ3n) is 2.31. The Labute approximate surface area is 106 Å². The molecule has 2 N–H and O–H groups in total. The van der Waals surface area contributed by atoms with Gasteiger partial charge in [0, 0.05) is 13.2 Å². The van der Waals surface area contributed by atoms with Crippen molar-refractivity contribution in [3.8, 4) is 0 Å². The third-order valence-corrected chi connectivity index (χ3v) is 2.61. The van der Waals surface area contributed by atoms with E-state index in [4.69, 9.17) is 12.2 Å². The SMILES string of the molecule is CNC(=S)Nc1cnn(Cc2ccccc2)c1. The van der Waals surface area contributed by atoms with E-state index in [2.05, 4.69) is 27.9 Å². The van der Waals surface area contributed by atoms with Gasteiger partial charge in [-0.05, 0) is 17.8 Å². The van der Waals surface area contributed by atoms with Crippen LogP contribution in [-0.2, 0) is 6.54 Å². The number of nitrogens with one attached hydrogen (secondary N) is 2. The Kier molecular flexibility index (Phi) is 3.72. The van der Waals surface area contributed by atoms with Crippen LogP contribution in [0.1, 0.15) is 5.56 Å². The van der Waals surface area contributed by atoms with Gasteiger partial charge in [0.15, 0.2) is 5.11 Å². The van der Waals surface area contributed by atoms with Gasteiger partial charge in [-0.25, -0.2) is 0 Å². The van der Waals surface area contributed by atoms with Crippen molar-refractivity contribution >= 4 is 23.0 Å². The summed E-state index contributed by atoms with van der Waals surface area (Å²) in [4.78, 5) is 0. The molecule has 0 aliphatic heterocycles. The quantitative estimate of drug-likeness (QED) is 0.811. The maximum atomic E-state index is 5.02. The molecule has 1 heterocycles. The minimum absolute atomic E-state index is 0.587. The van der Waals surface area contributed by atoms with E-state index in [0.717, 1.165) is 12.2 Å². The molecule has 0 aliphatic carbocycles.